The smallest absolute Gasteiger partial charge is 0.335 e. The molecule has 4 aromatic rings. The Morgan fingerprint density at radius 2 is 1.77 bits per heavy atom. The number of aromatic nitrogens is 2. The van der Waals surface area contributed by atoms with E-state index in [1.54, 1.807) is 24.3 Å². The average Bonchev–Trinajstić information content (AvgIpc) is 3.34. The molecule has 0 radical (unpaired) electrons. The molecule has 2 heterocycles. The number of furan rings is 1. The predicted molar refractivity (Wildman–Crippen MR) is 112 cm³/mol. The number of H-pyrrole nitrogens is 1. The highest BCUT2D eigenvalue weighted by atomic mass is 16.6. The summed E-state index contributed by atoms with van der Waals surface area (Å²) in [5, 5.41) is 23.3. The highest BCUT2D eigenvalue weighted by Gasteiger charge is 2.10. The fourth-order valence-corrected chi connectivity index (χ4v) is 3.05. The van der Waals surface area contributed by atoms with Gasteiger partial charge < -0.3 is 9.52 Å². The first kappa shape index (κ1) is 19.6. The molecule has 154 valence electrons. The Balaban J connectivity index is 1.69. The molecule has 0 saturated heterocycles. The Morgan fingerprint density at radius 1 is 1.10 bits per heavy atom. The van der Waals surface area contributed by atoms with E-state index in [0.29, 0.717) is 28.1 Å². The number of nitrogens with zero attached hydrogens (tertiary/aromatic N) is 2. The number of non-ortho nitro benzene ring substituents is 1. The summed E-state index contributed by atoms with van der Waals surface area (Å²) in [6, 6.07) is 15.1. The van der Waals surface area contributed by atoms with Crippen LogP contribution in [0.2, 0.25) is 0 Å². The molecule has 2 aromatic carbocycles. The minimum absolute atomic E-state index is 0.0203. The Morgan fingerprint density at radius 3 is 2.39 bits per heavy atom. The molecule has 0 aliphatic heterocycles. The number of carbonyl (C=O) groups is 1. The Labute approximate surface area is 173 Å². The Bertz CT molecular complexity index is 1460. The van der Waals surface area contributed by atoms with Crippen molar-refractivity contribution < 1.29 is 19.2 Å². The van der Waals surface area contributed by atoms with Crippen molar-refractivity contribution in [3.8, 4) is 17.0 Å². The third-order valence-electron chi connectivity index (χ3n) is 4.65. The van der Waals surface area contributed by atoms with Crippen LogP contribution in [0.25, 0.3) is 29.7 Å². The van der Waals surface area contributed by atoms with E-state index >= 15 is 0 Å². The summed E-state index contributed by atoms with van der Waals surface area (Å²) < 4.78 is 7.02. The molecule has 0 aliphatic carbocycles. The number of nitro benzene ring substituents is 1. The third kappa shape index (κ3) is 3.79. The number of nitro groups is 1. The SMILES string of the molecule is C=c1[nH]n(-c2ccc(C(=O)O)cc2)c(=O)c1=Cc1ccc(-c2ccc([N+](=O)[O-])cc2)o1. The molecule has 0 saturated carbocycles. The van der Waals surface area contributed by atoms with Gasteiger partial charge in [-0.25, -0.2) is 9.48 Å². The number of carboxylic acids is 1. The van der Waals surface area contributed by atoms with Crippen LogP contribution in [0, 0.1) is 10.1 Å². The van der Waals surface area contributed by atoms with Crippen LogP contribution in [0.3, 0.4) is 0 Å². The lowest BCUT2D eigenvalue weighted by Crippen LogP contribution is -2.33. The standard InChI is InChI=1S/C22H15N3O6/c1-13-19(21(26)24(23-13)16-6-4-15(5-7-16)22(27)28)12-18-10-11-20(31-18)14-2-8-17(9-3-14)25(29)30/h2-12,23H,1H2,(H,27,28). The van der Waals surface area contributed by atoms with Crippen LogP contribution in [0.1, 0.15) is 16.1 Å². The molecule has 0 fully saturated rings. The van der Waals surface area contributed by atoms with Crippen molar-refractivity contribution >= 4 is 24.3 Å². The predicted octanol–water partition coefficient (Wildman–Crippen LogP) is 2.27. The molecule has 2 aromatic heterocycles. The van der Waals surface area contributed by atoms with Gasteiger partial charge in [0, 0.05) is 17.7 Å². The normalized spacial score (nSPS) is 11.5. The van der Waals surface area contributed by atoms with Gasteiger partial charge in [-0.15, -0.1) is 0 Å². The summed E-state index contributed by atoms with van der Waals surface area (Å²) in [6.45, 7) is 3.85. The zero-order valence-corrected chi connectivity index (χ0v) is 15.9. The van der Waals surface area contributed by atoms with Crippen molar-refractivity contribution in [2.24, 2.45) is 0 Å². The molecule has 0 amide bonds. The van der Waals surface area contributed by atoms with Crippen LogP contribution in [0.5, 0.6) is 0 Å². The summed E-state index contributed by atoms with van der Waals surface area (Å²) in [7, 11) is 0. The van der Waals surface area contributed by atoms with E-state index < -0.39 is 10.9 Å². The van der Waals surface area contributed by atoms with Crippen LogP contribution in [0.15, 0.2) is 69.9 Å². The molecular weight excluding hydrogens is 402 g/mol. The molecule has 0 bridgehead atoms. The maximum Gasteiger partial charge on any atom is 0.335 e. The topological polar surface area (TPSA) is 131 Å². The summed E-state index contributed by atoms with van der Waals surface area (Å²) in [5.41, 5.74) is 0.837. The van der Waals surface area contributed by atoms with Crippen LogP contribution < -0.4 is 16.1 Å². The molecule has 4 rings (SSSR count). The Hall–Kier alpha value is -4.66. The lowest BCUT2D eigenvalue weighted by molar-refractivity contribution is -0.384. The monoisotopic (exact) mass is 417 g/mol. The van der Waals surface area contributed by atoms with Gasteiger partial charge in [0.2, 0.25) is 0 Å². The minimum atomic E-state index is -1.06. The summed E-state index contributed by atoms with van der Waals surface area (Å²) in [4.78, 5) is 34.1. The second kappa shape index (κ2) is 7.64. The van der Waals surface area contributed by atoms with E-state index in [0.717, 1.165) is 0 Å². The highest BCUT2D eigenvalue weighted by molar-refractivity contribution is 5.87. The quantitative estimate of drug-likeness (QED) is 0.378. The van der Waals surface area contributed by atoms with Gasteiger partial charge in [-0.3, -0.25) is 20.0 Å². The average molecular weight is 417 g/mol. The second-order valence-electron chi connectivity index (χ2n) is 6.65. The third-order valence-corrected chi connectivity index (χ3v) is 4.65. The number of aromatic carboxylic acids is 1. The molecule has 0 aliphatic rings. The van der Waals surface area contributed by atoms with Gasteiger partial charge in [-0.2, -0.15) is 0 Å². The molecular formula is C22H15N3O6. The number of aromatic amines is 1. The van der Waals surface area contributed by atoms with Crippen LogP contribution in [-0.4, -0.2) is 25.8 Å². The van der Waals surface area contributed by atoms with Gasteiger partial charge in [-0.1, -0.05) is 6.58 Å². The first-order chi connectivity index (χ1) is 14.8. The first-order valence-corrected chi connectivity index (χ1v) is 9.03. The van der Waals surface area contributed by atoms with E-state index in [4.69, 9.17) is 9.52 Å². The summed E-state index contributed by atoms with van der Waals surface area (Å²) >= 11 is 0. The number of nitrogens with one attached hydrogen (secondary N) is 1. The van der Waals surface area contributed by atoms with Crippen LogP contribution in [0.4, 0.5) is 5.69 Å². The second-order valence-corrected chi connectivity index (χ2v) is 6.65. The molecule has 9 heteroatoms. The van der Waals surface area contributed by atoms with Crippen LogP contribution >= 0.6 is 0 Å². The van der Waals surface area contributed by atoms with Gasteiger partial charge in [0.25, 0.3) is 11.2 Å². The lowest BCUT2D eigenvalue weighted by atomic mass is 10.1. The van der Waals surface area contributed by atoms with Crippen molar-refractivity contribution in [1.29, 1.82) is 0 Å². The number of rotatable bonds is 5. The van der Waals surface area contributed by atoms with Crippen LogP contribution in [-0.2, 0) is 0 Å². The van der Waals surface area contributed by atoms with Gasteiger partial charge in [0.1, 0.15) is 11.5 Å². The summed E-state index contributed by atoms with van der Waals surface area (Å²) in [6.07, 6.45) is 1.54. The molecule has 0 unspecified atom stereocenters. The van der Waals surface area contributed by atoms with Crippen molar-refractivity contribution in [3.05, 3.63) is 103 Å². The van der Waals surface area contributed by atoms with Crippen molar-refractivity contribution in [2.75, 3.05) is 0 Å². The highest BCUT2D eigenvalue weighted by Crippen LogP contribution is 2.24. The zero-order valence-electron chi connectivity index (χ0n) is 15.9. The number of carboxylic acid groups (broad SMARTS) is 1. The van der Waals surface area contributed by atoms with E-state index in [2.05, 4.69) is 11.7 Å². The van der Waals surface area contributed by atoms with Gasteiger partial charge in [0.05, 0.1) is 26.7 Å². The van der Waals surface area contributed by atoms with Crippen molar-refractivity contribution in [3.63, 3.8) is 0 Å². The van der Waals surface area contributed by atoms with E-state index in [-0.39, 0.29) is 22.0 Å². The number of hydrogen-bond acceptors (Lipinski definition) is 5. The lowest BCUT2D eigenvalue weighted by Gasteiger charge is -2.01. The number of benzene rings is 2. The van der Waals surface area contributed by atoms with Gasteiger partial charge in [-0.05, 0) is 54.6 Å². The van der Waals surface area contributed by atoms with Crippen molar-refractivity contribution in [1.82, 2.24) is 9.78 Å². The van der Waals surface area contributed by atoms with Crippen molar-refractivity contribution in [2.45, 2.75) is 0 Å². The van der Waals surface area contributed by atoms with Gasteiger partial charge in [0.15, 0.2) is 0 Å². The van der Waals surface area contributed by atoms with E-state index in [1.807, 2.05) is 0 Å². The maximum atomic E-state index is 12.8. The number of hydrogen-bond donors (Lipinski definition) is 2. The fraction of sp³-hybridized carbons (Fsp3) is 0. The Kier molecular flexibility index (Phi) is 4.84. The molecule has 31 heavy (non-hydrogen) atoms. The van der Waals surface area contributed by atoms with Gasteiger partial charge >= 0.3 is 5.97 Å². The van der Waals surface area contributed by atoms with E-state index in [1.165, 1.54) is 47.2 Å². The zero-order chi connectivity index (χ0) is 22.1. The molecule has 9 nitrogen and oxygen atoms in total. The molecule has 0 atom stereocenters. The first-order valence-electron chi connectivity index (χ1n) is 9.03. The molecule has 0 spiro atoms. The molecule has 2 N–H and O–H groups in total. The summed E-state index contributed by atoms with van der Waals surface area (Å²) in [5.74, 6) is -0.159. The minimum Gasteiger partial charge on any atom is -0.478 e. The fourth-order valence-electron chi connectivity index (χ4n) is 3.05. The largest absolute Gasteiger partial charge is 0.478 e. The van der Waals surface area contributed by atoms with E-state index in [9.17, 15) is 19.7 Å². The maximum absolute atomic E-state index is 12.8.